The highest BCUT2D eigenvalue weighted by molar-refractivity contribution is 5.85. The molecule has 0 bridgehead atoms. The van der Waals surface area contributed by atoms with Crippen molar-refractivity contribution >= 4 is 18.3 Å². The molecule has 0 unspecified atom stereocenters. The summed E-state index contributed by atoms with van der Waals surface area (Å²) in [5.74, 6) is 0.315. The van der Waals surface area contributed by atoms with Crippen LogP contribution in [0.1, 0.15) is 18.4 Å². The number of nitrogens with one attached hydrogen (secondary N) is 1. The second-order valence-electron chi connectivity index (χ2n) is 5.52. The van der Waals surface area contributed by atoms with E-state index in [0.29, 0.717) is 11.5 Å². The van der Waals surface area contributed by atoms with Gasteiger partial charge in [-0.15, -0.1) is 25.6 Å². The highest BCUT2D eigenvalue weighted by Gasteiger charge is 2.31. The molecule has 0 radical (unpaired) electrons. The van der Waals surface area contributed by atoms with Crippen LogP contribution in [0.5, 0.6) is 5.75 Å². The lowest BCUT2D eigenvalue weighted by atomic mass is 10.2. The van der Waals surface area contributed by atoms with E-state index in [4.69, 9.17) is 0 Å². The highest BCUT2D eigenvalue weighted by atomic mass is 35.5. The van der Waals surface area contributed by atoms with Gasteiger partial charge < -0.3 is 15.0 Å². The first kappa shape index (κ1) is 19.6. The largest absolute Gasteiger partial charge is 0.573 e. The van der Waals surface area contributed by atoms with Crippen LogP contribution < -0.4 is 10.1 Å². The zero-order valence-corrected chi connectivity index (χ0v) is 13.5. The fourth-order valence-electron chi connectivity index (χ4n) is 2.04. The summed E-state index contributed by atoms with van der Waals surface area (Å²) < 4.78 is 40.4. The molecule has 0 aliphatic heterocycles. The molecule has 8 heteroatoms. The number of rotatable bonds is 7. The number of alkyl halides is 3. The van der Waals surface area contributed by atoms with E-state index in [1.165, 1.54) is 35.9 Å². The molecule has 0 atom stereocenters. The highest BCUT2D eigenvalue weighted by Crippen LogP contribution is 2.27. The molecule has 0 spiro atoms. The first-order valence-electron chi connectivity index (χ1n) is 7.13. The van der Waals surface area contributed by atoms with E-state index in [2.05, 4.69) is 10.1 Å². The summed E-state index contributed by atoms with van der Waals surface area (Å²) in [5, 5.41) is 3.09. The molecule has 1 fully saturated rings. The first-order valence-corrected chi connectivity index (χ1v) is 7.13. The summed E-state index contributed by atoms with van der Waals surface area (Å²) in [6.07, 6.45) is -2.29. The molecule has 1 saturated carbocycles. The molecule has 4 nitrogen and oxygen atoms in total. The van der Waals surface area contributed by atoms with Crippen molar-refractivity contribution in [3.63, 3.8) is 0 Å². The van der Waals surface area contributed by atoms with Gasteiger partial charge in [-0.3, -0.25) is 4.79 Å². The van der Waals surface area contributed by atoms with Crippen LogP contribution in [0.25, 0.3) is 0 Å². The molecule has 130 valence electrons. The van der Waals surface area contributed by atoms with Crippen LogP contribution in [0, 0.1) is 5.92 Å². The van der Waals surface area contributed by atoms with Gasteiger partial charge in [0.05, 0.1) is 6.54 Å². The third-order valence-electron chi connectivity index (χ3n) is 3.38. The van der Waals surface area contributed by atoms with E-state index in [0.717, 1.165) is 6.54 Å². The smallest absolute Gasteiger partial charge is 0.406 e. The number of benzene rings is 1. The molecule has 1 aromatic carbocycles. The fraction of sp³-hybridized carbons (Fsp3) is 0.533. The van der Waals surface area contributed by atoms with Gasteiger partial charge in [0.15, 0.2) is 0 Å². The van der Waals surface area contributed by atoms with Crippen LogP contribution in [0.2, 0.25) is 0 Å². The minimum Gasteiger partial charge on any atom is -0.406 e. The molecular weight excluding hydrogens is 333 g/mol. The van der Waals surface area contributed by atoms with Crippen LogP contribution in [0.15, 0.2) is 24.3 Å². The molecule has 2 rings (SSSR count). The number of hydrogen-bond donors (Lipinski definition) is 1. The lowest BCUT2D eigenvalue weighted by molar-refractivity contribution is -0.274. The Labute approximate surface area is 139 Å². The number of carbonyl (C=O) groups excluding carboxylic acids is 1. The van der Waals surface area contributed by atoms with Gasteiger partial charge in [-0.2, -0.15) is 0 Å². The van der Waals surface area contributed by atoms with Gasteiger partial charge in [0.1, 0.15) is 5.75 Å². The Morgan fingerprint density at radius 1 is 1.39 bits per heavy atom. The van der Waals surface area contributed by atoms with E-state index < -0.39 is 6.36 Å². The summed E-state index contributed by atoms with van der Waals surface area (Å²) in [7, 11) is 1.62. The molecule has 1 amide bonds. The standard InChI is InChI=1S/C15H19F3N2O2.ClH/c1-20(14(21)9-19-8-11-5-6-11)10-12-3-2-4-13(7-12)22-15(16,17)18;/h2-4,7,11,19H,5-6,8-10H2,1H3;1H. The van der Waals surface area contributed by atoms with Crippen molar-refractivity contribution in [3.05, 3.63) is 29.8 Å². The van der Waals surface area contributed by atoms with Crippen molar-refractivity contribution in [1.82, 2.24) is 10.2 Å². The number of likely N-dealkylation sites (N-methyl/N-ethyl adjacent to an activating group) is 1. The van der Waals surface area contributed by atoms with Crippen LogP contribution in [-0.2, 0) is 11.3 Å². The van der Waals surface area contributed by atoms with E-state index in [1.807, 2.05) is 0 Å². The average molecular weight is 353 g/mol. The second-order valence-corrected chi connectivity index (χ2v) is 5.52. The summed E-state index contributed by atoms with van der Waals surface area (Å²) in [6.45, 7) is 1.32. The minimum atomic E-state index is -4.72. The van der Waals surface area contributed by atoms with Crippen LogP contribution in [0.3, 0.4) is 0 Å². The van der Waals surface area contributed by atoms with Crippen molar-refractivity contribution in [3.8, 4) is 5.75 Å². The van der Waals surface area contributed by atoms with Crippen molar-refractivity contribution in [2.24, 2.45) is 5.92 Å². The number of nitrogens with zero attached hydrogens (tertiary/aromatic N) is 1. The van der Waals surface area contributed by atoms with Crippen molar-refractivity contribution in [1.29, 1.82) is 0 Å². The van der Waals surface area contributed by atoms with Crippen LogP contribution in [0.4, 0.5) is 13.2 Å². The monoisotopic (exact) mass is 352 g/mol. The van der Waals surface area contributed by atoms with Crippen molar-refractivity contribution in [2.45, 2.75) is 25.7 Å². The summed E-state index contributed by atoms with van der Waals surface area (Å²) in [6, 6.07) is 5.65. The number of carbonyl (C=O) groups is 1. The van der Waals surface area contributed by atoms with Crippen LogP contribution >= 0.6 is 12.4 Å². The number of hydrogen-bond acceptors (Lipinski definition) is 3. The summed E-state index contributed by atoms with van der Waals surface area (Å²) in [4.78, 5) is 13.4. The normalized spacial score (nSPS) is 14.1. The molecule has 1 N–H and O–H groups in total. The molecule has 1 aliphatic carbocycles. The molecule has 1 aliphatic rings. The van der Waals surface area contributed by atoms with Crippen molar-refractivity contribution in [2.75, 3.05) is 20.1 Å². The third kappa shape index (κ3) is 7.56. The Kier molecular flexibility index (Phi) is 7.15. The SMILES string of the molecule is CN(Cc1cccc(OC(F)(F)F)c1)C(=O)CNCC1CC1.Cl. The Balaban J connectivity index is 0.00000264. The molecule has 23 heavy (non-hydrogen) atoms. The lowest BCUT2D eigenvalue weighted by Gasteiger charge is -2.18. The van der Waals surface area contributed by atoms with E-state index >= 15 is 0 Å². The second kappa shape index (κ2) is 8.40. The van der Waals surface area contributed by atoms with Gasteiger partial charge >= 0.3 is 6.36 Å². The lowest BCUT2D eigenvalue weighted by Crippen LogP contribution is -2.35. The van der Waals surface area contributed by atoms with E-state index in [9.17, 15) is 18.0 Å². The Hall–Kier alpha value is -1.47. The Morgan fingerprint density at radius 2 is 2.09 bits per heavy atom. The topological polar surface area (TPSA) is 41.6 Å². The molecule has 0 heterocycles. The molecule has 0 saturated heterocycles. The van der Waals surface area contributed by atoms with Crippen molar-refractivity contribution < 1.29 is 22.7 Å². The maximum Gasteiger partial charge on any atom is 0.573 e. The third-order valence-corrected chi connectivity index (χ3v) is 3.38. The average Bonchev–Trinajstić information content (AvgIpc) is 3.21. The van der Waals surface area contributed by atoms with Gasteiger partial charge in [0, 0.05) is 13.6 Å². The minimum absolute atomic E-state index is 0. The number of halogens is 4. The summed E-state index contributed by atoms with van der Waals surface area (Å²) in [5.41, 5.74) is 0.583. The Morgan fingerprint density at radius 3 is 2.70 bits per heavy atom. The van der Waals surface area contributed by atoms with Gasteiger partial charge in [-0.05, 0) is 43.0 Å². The number of ether oxygens (including phenoxy) is 1. The van der Waals surface area contributed by atoms with Gasteiger partial charge in [-0.1, -0.05) is 12.1 Å². The fourth-order valence-corrected chi connectivity index (χ4v) is 2.04. The van der Waals surface area contributed by atoms with E-state index in [-0.39, 0.29) is 37.2 Å². The Bertz CT molecular complexity index is 522. The predicted octanol–water partition coefficient (Wildman–Crippen LogP) is 2.97. The predicted molar refractivity (Wildman–Crippen MR) is 82.4 cm³/mol. The van der Waals surface area contributed by atoms with Gasteiger partial charge in [0.2, 0.25) is 5.91 Å². The zero-order valence-electron chi connectivity index (χ0n) is 12.7. The van der Waals surface area contributed by atoms with Crippen LogP contribution in [-0.4, -0.2) is 37.3 Å². The molecular formula is C15H20ClF3N2O2. The quantitative estimate of drug-likeness (QED) is 0.820. The maximum absolute atomic E-state index is 12.2. The van der Waals surface area contributed by atoms with Gasteiger partial charge in [-0.25, -0.2) is 0 Å². The molecule has 0 aromatic heterocycles. The maximum atomic E-state index is 12.2. The summed E-state index contributed by atoms with van der Waals surface area (Å²) >= 11 is 0. The first-order chi connectivity index (χ1) is 10.3. The van der Waals surface area contributed by atoms with E-state index in [1.54, 1.807) is 13.1 Å². The number of amides is 1. The molecule has 1 aromatic rings. The van der Waals surface area contributed by atoms with Gasteiger partial charge in [0.25, 0.3) is 0 Å². The zero-order chi connectivity index (χ0) is 16.2.